The third kappa shape index (κ3) is 4.92. The Morgan fingerprint density at radius 2 is 1.60 bits per heavy atom. The second kappa shape index (κ2) is 10.8. The van der Waals surface area contributed by atoms with Crippen LogP contribution in [0, 0.1) is 6.92 Å². The minimum Gasteiger partial charge on any atom is -0.437 e. The first-order chi connectivity index (χ1) is 20.5. The molecule has 42 heavy (non-hydrogen) atoms. The number of nitrogens with zero attached hydrogens (tertiary/aromatic N) is 4. The van der Waals surface area contributed by atoms with Crippen LogP contribution in [0.3, 0.4) is 0 Å². The lowest BCUT2D eigenvalue weighted by atomic mass is 9.98. The van der Waals surface area contributed by atoms with Gasteiger partial charge in [0.25, 0.3) is 0 Å². The summed E-state index contributed by atoms with van der Waals surface area (Å²) in [6.07, 6.45) is 4.60. The summed E-state index contributed by atoms with van der Waals surface area (Å²) in [5.74, 6) is 1.25. The lowest BCUT2D eigenvalue weighted by Gasteiger charge is -2.12. The highest BCUT2D eigenvalue weighted by molar-refractivity contribution is 6.10. The van der Waals surface area contributed by atoms with Crippen molar-refractivity contribution < 1.29 is 4.42 Å². The highest BCUT2D eigenvalue weighted by atomic mass is 16.3. The van der Waals surface area contributed by atoms with E-state index in [1.54, 1.807) is 0 Å². The fourth-order valence-corrected chi connectivity index (χ4v) is 5.63. The molecule has 5 heteroatoms. The van der Waals surface area contributed by atoms with Gasteiger partial charge >= 0.3 is 0 Å². The van der Waals surface area contributed by atoms with Crippen molar-refractivity contribution >= 4 is 33.0 Å². The zero-order valence-corrected chi connectivity index (χ0v) is 24.1. The highest BCUT2D eigenvalue weighted by Crippen LogP contribution is 2.37. The maximum Gasteiger partial charge on any atom is 0.227 e. The fraction of sp³-hybridized carbons (Fsp3) is 0.189. The first-order valence-electron chi connectivity index (χ1n) is 14.6. The lowest BCUT2D eigenvalue weighted by Crippen LogP contribution is -2.01. The lowest BCUT2D eigenvalue weighted by molar-refractivity contribution is 0.653. The Labute approximate surface area is 245 Å². The van der Waals surface area contributed by atoms with Crippen molar-refractivity contribution in [2.45, 2.75) is 46.0 Å². The Bertz CT molecular complexity index is 2040. The molecule has 0 saturated carbocycles. The van der Waals surface area contributed by atoms with Gasteiger partial charge in [0, 0.05) is 45.6 Å². The summed E-state index contributed by atoms with van der Waals surface area (Å²) in [5, 5.41) is 3.10. The van der Waals surface area contributed by atoms with Crippen molar-refractivity contribution in [1.82, 2.24) is 19.9 Å². The number of aryl methyl sites for hydroxylation is 3. The number of fused-ring (bicyclic) bond motifs is 4. The second-order valence-corrected chi connectivity index (χ2v) is 11.3. The Hall–Kier alpha value is -4.90. The van der Waals surface area contributed by atoms with Gasteiger partial charge in [-0.1, -0.05) is 74.5 Å². The molecule has 0 radical (unpaired) electrons. The molecule has 0 aliphatic rings. The molecule has 4 heterocycles. The predicted molar refractivity (Wildman–Crippen MR) is 171 cm³/mol. The largest absolute Gasteiger partial charge is 0.437 e. The quantitative estimate of drug-likeness (QED) is 0.199. The molecule has 0 atom stereocenters. The van der Waals surface area contributed by atoms with E-state index in [1.807, 2.05) is 37.4 Å². The number of pyridine rings is 2. The molecule has 0 aliphatic carbocycles. The minimum absolute atomic E-state index is 0.413. The number of furan rings is 1. The minimum atomic E-state index is 0.413. The molecule has 0 N–H and O–H groups in total. The number of rotatable bonds is 7. The summed E-state index contributed by atoms with van der Waals surface area (Å²) in [6.45, 7) is 6.41. The molecular weight excluding hydrogens is 516 g/mol. The van der Waals surface area contributed by atoms with Crippen molar-refractivity contribution in [3.8, 4) is 22.5 Å². The summed E-state index contributed by atoms with van der Waals surface area (Å²) in [6, 6.07) is 31.5. The van der Waals surface area contributed by atoms with Crippen LogP contribution in [0.25, 0.3) is 55.5 Å². The maximum atomic E-state index is 6.37. The molecule has 4 aromatic heterocycles. The second-order valence-electron chi connectivity index (χ2n) is 11.3. The Balaban J connectivity index is 1.24. The van der Waals surface area contributed by atoms with E-state index in [0.717, 1.165) is 80.6 Å². The monoisotopic (exact) mass is 548 g/mol. The highest BCUT2D eigenvalue weighted by Gasteiger charge is 2.18. The summed E-state index contributed by atoms with van der Waals surface area (Å²) in [4.78, 5) is 19.6. The zero-order chi connectivity index (χ0) is 28.6. The van der Waals surface area contributed by atoms with Gasteiger partial charge in [0.1, 0.15) is 11.4 Å². The van der Waals surface area contributed by atoms with Crippen LogP contribution in [0.2, 0.25) is 0 Å². The van der Waals surface area contributed by atoms with Crippen LogP contribution in [0.5, 0.6) is 0 Å². The van der Waals surface area contributed by atoms with E-state index in [0.29, 0.717) is 11.6 Å². The number of benzene rings is 3. The molecular formula is C37H32N4O. The fourth-order valence-electron chi connectivity index (χ4n) is 5.63. The molecule has 7 aromatic rings. The number of aromatic nitrogens is 4. The molecule has 0 amide bonds. The van der Waals surface area contributed by atoms with Crippen LogP contribution in [0.1, 0.15) is 48.8 Å². The van der Waals surface area contributed by atoms with Crippen molar-refractivity contribution in [3.63, 3.8) is 0 Å². The van der Waals surface area contributed by atoms with Gasteiger partial charge in [0.15, 0.2) is 0 Å². The SMILES string of the molecule is Cc1ccc2c(n1)oc1c(-c3nc(CCCc4ccc(-c5ccccc5)nc4)nc4cc(C(C)C)ccc34)cccc12. The van der Waals surface area contributed by atoms with Gasteiger partial charge in [-0.25, -0.2) is 15.0 Å². The summed E-state index contributed by atoms with van der Waals surface area (Å²) in [5.41, 5.74) is 9.85. The molecule has 3 aromatic carbocycles. The molecule has 0 spiro atoms. The molecule has 0 unspecified atom stereocenters. The summed E-state index contributed by atoms with van der Waals surface area (Å²) < 4.78 is 6.37. The Kier molecular flexibility index (Phi) is 6.71. The van der Waals surface area contributed by atoms with Gasteiger partial charge in [0.2, 0.25) is 5.71 Å². The summed E-state index contributed by atoms with van der Waals surface area (Å²) in [7, 11) is 0. The van der Waals surface area contributed by atoms with E-state index in [-0.39, 0.29) is 0 Å². The van der Waals surface area contributed by atoms with E-state index < -0.39 is 0 Å². The topological polar surface area (TPSA) is 64.7 Å². The zero-order valence-electron chi connectivity index (χ0n) is 24.1. The molecule has 5 nitrogen and oxygen atoms in total. The van der Waals surface area contributed by atoms with E-state index in [4.69, 9.17) is 19.4 Å². The first kappa shape index (κ1) is 26.0. The van der Waals surface area contributed by atoms with Crippen LogP contribution in [-0.2, 0) is 12.8 Å². The van der Waals surface area contributed by atoms with Gasteiger partial charge in [0.05, 0.1) is 16.9 Å². The van der Waals surface area contributed by atoms with Crippen LogP contribution in [0.15, 0.2) is 102 Å². The van der Waals surface area contributed by atoms with Gasteiger partial charge < -0.3 is 4.42 Å². The van der Waals surface area contributed by atoms with Crippen LogP contribution >= 0.6 is 0 Å². The molecule has 0 aliphatic heterocycles. The van der Waals surface area contributed by atoms with Gasteiger partial charge in [-0.05, 0) is 67.1 Å². The molecule has 7 rings (SSSR count). The first-order valence-corrected chi connectivity index (χ1v) is 14.6. The van der Waals surface area contributed by atoms with E-state index in [1.165, 1.54) is 11.1 Å². The van der Waals surface area contributed by atoms with Crippen LogP contribution in [0.4, 0.5) is 0 Å². The molecule has 0 saturated heterocycles. The molecule has 0 fully saturated rings. The maximum absolute atomic E-state index is 6.37. The number of hydrogen-bond donors (Lipinski definition) is 0. The standard InChI is InChI=1S/C37H32N4O/c1-23(2)27-17-19-30-33(21-27)40-34(14-7-9-25-16-20-32(38-22-25)26-10-5-4-6-11-26)41-35(30)31-13-8-12-28-29-18-15-24(3)39-37(29)42-36(28)31/h4-6,8,10-13,15-23H,7,9,14H2,1-3H3. The molecule has 206 valence electrons. The Morgan fingerprint density at radius 3 is 2.40 bits per heavy atom. The number of para-hydroxylation sites is 1. The smallest absolute Gasteiger partial charge is 0.227 e. The Morgan fingerprint density at radius 1 is 0.738 bits per heavy atom. The summed E-state index contributed by atoms with van der Waals surface area (Å²) >= 11 is 0. The number of hydrogen-bond acceptors (Lipinski definition) is 5. The predicted octanol–water partition coefficient (Wildman–Crippen LogP) is 9.26. The molecule has 0 bridgehead atoms. The van der Waals surface area contributed by atoms with E-state index in [2.05, 4.69) is 85.6 Å². The van der Waals surface area contributed by atoms with Gasteiger partial charge in [-0.2, -0.15) is 0 Å². The average Bonchev–Trinajstić information content (AvgIpc) is 3.39. The van der Waals surface area contributed by atoms with Gasteiger partial charge in [-0.3, -0.25) is 4.98 Å². The normalized spacial score (nSPS) is 11.7. The van der Waals surface area contributed by atoms with Crippen molar-refractivity contribution in [3.05, 3.63) is 120 Å². The van der Waals surface area contributed by atoms with Gasteiger partial charge in [-0.15, -0.1) is 0 Å². The van der Waals surface area contributed by atoms with Crippen molar-refractivity contribution in [2.24, 2.45) is 0 Å². The third-order valence-electron chi connectivity index (χ3n) is 7.95. The van der Waals surface area contributed by atoms with Crippen molar-refractivity contribution in [1.29, 1.82) is 0 Å². The van der Waals surface area contributed by atoms with E-state index in [9.17, 15) is 0 Å². The average molecular weight is 549 g/mol. The van der Waals surface area contributed by atoms with Crippen molar-refractivity contribution in [2.75, 3.05) is 0 Å². The van der Waals surface area contributed by atoms with E-state index >= 15 is 0 Å². The third-order valence-corrected chi connectivity index (χ3v) is 7.95. The van der Waals surface area contributed by atoms with Crippen LogP contribution in [-0.4, -0.2) is 19.9 Å². The van der Waals surface area contributed by atoms with Crippen LogP contribution < -0.4 is 0 Å².